The van der Waals surface area contributed by atoms with Crippen molar-refractivity contribution in [2.45, 2.75) is 37.8 Å². The zero-order chi connectivity index (χ0) is 14.7. The summed E-state index contributed by atoms with van der Waals surface area (Å²) in [5.74, 6) is 0. The van der Waals surface area contributed by atoms with Crippen molar-refractivity contribution in [2.75, 3.05) is 13.6 Å². The molecule has 5 nitrogen and oxygen atoms in total. The molecule has 0 saturated heterocycles. The standard InChI is InChI=1S/C16H22N4O/c1-20(12-16(21)6-2-3-7-16)11-14-10-18-19-15(14)13-5-4-8-17-9-13/h4-5,8-10,21H,2-3,6-7,11-12H2,1H3,(H,18,19). The topological polar surface area (TPSA) is 65.0 Å². The maximum Gasteiger partial charge on any atom is 0.0774 e. The van der Waals surface area contributed by atoms with Crippen molar-refractivity contribution in [1.82, 2.24) is 20.1 Å². The maximum atomic E-state index is 10.5. The summed E-state index contributed by atoms with van der Waals surface area (Å²) in [6.45, 7) is 1.48. The molecule has 1 aliphatic carbocycles. The van der Waals surface area contributed by atoms with Crippen molar-refractivity contribution in [1.29, 1.82) is 0 Å². The van der Waals surface area contributed by atoms with Gasteiger partial charge in [-0.1, -0.05) is 12.8 Å². The number of likely N-dealkylation sites (N-methyl/N-ethyl adjacent to an activating group) is 1. The first kappa shape index (κ1) is 14.2. The minimum absolute atomic E-state index is 0.507. The Morgan fingerprint density at radius 3 is 2.86 bits per heavy atom. The third kappa shape index (κ3) is 3.31. The Hall–Kier alpha value is -1.72. The summed E-state index contributed by atoms with van der Waals surface area (Å²) in [6.07, 6.45) is 9.56. The van der Waals surface area contributed by atoms with E-state index in [2.05, 4.69) is 27.1 Å². The number of hydrogen-bond donors (Lipinski definition) is 2. The Bertz CT molecular complexity index is 575. The fraction of sp³-hybridized carbons (Fsp3) is 0.500. The average molecular weight is 286 g/mol. The molecule has 0 amide bonds. The normalized spacial score (nSPS) is 17.5. The first-order chi connectivity index (χ1) is 10.2. The van der Waals surface area contributed by atoms with Gasteiger partial charge in [-0.15, -0.1) is 0 Å². The minimum Gasteiger partial charge on any atom is -0.389 e. The van der Waals surface area contributed by atoms with Gasteiger partial charge in [0.2, 0.25) is 0 Å². The summed E-state index contributed by atoms with van der Waals surface area (Å²) in [5.41, 5.74) is 2.67. The van der Waals surface area contributed by atoms with Crippen LogP contribution in [0.5, 0.6) is 0 Å². The third-order valence-corrected chi connectivity index (χ3v) is 4.21. The molecule has 0 spiro atoms. The van der Waals surface area contributed by atoms with Gasteiger partial charge in [0.05, 0.1) is 17.5 Å². The predicted molar refractivity (Wildman–Crippen MR) is 81.6 cm³/mol. The highest BCUT2D eigenvalue weighted by Crippen LogP contribution is 2.30. The zero-order valence-corrected chi connectivity index (χ0v) is 12.4. The molecule has 2 N–H and O–H groups in total. The van der Waals surface area contributed by atoms with Crippen LogP contribution in [0.25, 0.3) is 11.3 Å². The number of nitrogens with one attached hydrogen (secondary N) is 1. The molecular weight excluding hydrogens is 264 g/mol. The Balaban J connectivity index is 1.69. The van der Waals surface area contributed by atoms with Crippen LogP contribution < -0.4 is 0 Å². The summed E-state index contributed by atoms with van der Waals surface area (Å²) in [5, 5.41) is 17.7. The van der Waals surface area contributed by atoms with Gasteiger partial charge in [0, 0.05) is 36.6 Å². The fourth-order valence-electron chi connectivity index (χ4n) is 3.23. The van der Waals surface area contributed by atoms with Crippen molar-refractivity contribution in [2.24, 2.45) is 0 Å². The summed E-state index contributed by atoms with van der Waals surface area (Å²) in [4.78, 5) is 6.33. The molecule has 2 heterocycles. The quantitative estimate of drug-likeness (QED) is 0.884. The molecule has 1 saturated carbocycles. The number of pyridine rings is 1. The van der Waals surface area contributed by atoms with E-state index in [1.807, 2.05) is 24.5 Å². The Labute approximate surface area is 125 Å². The lowest BCUT2D eigenvalue weighted by Crippen LogP contribution is -2.38. The van der Waals surface area contributed by atoms with Crippen molar-refractivity contribution in [3.8, 4) is 11.3 Å². The molecule has 0 aliphatic heterocycles. The second-order valence-electron chi connectivity index (χ2n) is 6.12. The van der Waals surface area contributed by atoms with Gasteiger partial charge in [-0.3, -0.25) is 15.0 Å². The van der Waals surface area contributed by atoms with Gasteiger partial charge in [-0.25, -0.2) is 0 Å². The average Bonchev–Trinajstić information content (AvgIpc) is 3.09. The highest BCUT2D eigenvalue weighted by atomic mass is 16.3. The Morgan fingerprint density at radius 1 is 1.33 bits per heavy atom. The largest absolute Gasteiger partial charge is 0.389 e. The van der Waals surface area contributed by atoms with Gasteiger partial charge in [0.1, 0.15) is 0 Å². The number of rotatable bonds is 5. The molecule has 0 bridgehead atoms. The van der Waals surface area contributed by atoms with Crippen LogP contribution in [0, 0.1) is 0 Å². The molecule has 0 unspecified atom stereocenters. The fourth-order valence-corrected chi connectivity index (χ4v) is 3.23. The second kappa shape index (κ2) is 5.95. The summed E-state index contributed by atoms with van der Waals surface area (Å²) < 4.78 is 0. The molecule has 0 radical (unpaired) electrons. The van der Waals surface area contributed by atoms with Crippen LogP contribution in [0.4, 0.5) is 0 Å². The van der Waals surface area contributed by atoms with Crippen LogP contribution in [0.3, 0.4) is 0 Å². The molecule has 21 heavy (non-hydrogen) atoms. The maximum absolute atomic E-state index is 10.5. The van der Waals surface area contributed by atoms with Crippen LogP contribution in [-0.2, 0) is 6.54 Å². The van der Waals surface area contributed by atoms with Crippen molar-refractivity contribution >= 4 is 0 Å². The molecule has 1 fully saturated rings. The Morgan fingerprint density at radius 2 is 2.14 bits per heavy atom. The molecule has 0 aromatic carbocycles. The van der Waals surface area contributed by atoms with Gasteiger partial charge in [-0.2, -0.15) is 5.10 Å². The molecule has 2 aromatic rings. The monoisotopic (exact) mass is 286 g/mol. The van der Waals surface area contributed by atoms with E-state index < -0.39 is 5.60 Å². The van der Waals surface area contributed by atoms with Crippen LogP contribution in [0.1, 0.15) is 31.2 Å². The van der Waals surface area contributed by atoms with Crippen LogP contribution in [0.2, 0.25) is 0 Å². The van der Waals surface area contributed by atoms with E-state index >= 15 is 0 Å². The van der Waals surface area contributed by atoms with E-state index in [0.717, 1.165) is 49.0 Å². The van der Waals surface area contributed by atoms with Gasteiger partial charge in [-0.05, 0) is 32.0 Å². The molecule has 1 aliphatic rings. The molecule has 112 valence electrons. The number of aliphatic hydroxyl groups is 1. The molecular formula is C16H22N4O. The van der Waals surface area contributed by atoms with E-state index in [0.29, 0.717) is 6.54 Å². The lowest BCUT2D eigenvalue weighted by Gasteiger charge is -2.28. The number of hydrogen-bond acceptors (Lipinski definition) is 4. The van der Waals surface area contributed by atoms with E-state index in [-0.39, 0.29) is 0 Å². The summed E-state index contributed by atoms with van der Waals surface area (Å²) >= 11 is 0. The number of aromatic nitrogens is 3. The lowest BCUT2D eigenvalue weighted by molar-refractivity contribution is 0.0145. The zero-order valence-electron chi connectivity index (χ0n) is 12.4. The molecule has 5 heteroatoms. The summed E-state index contributed by atoms with van der Waals surface area (Å²) in [6, 6.07) is 3.94. The Kier molecular flexibility index (Phi) is 4.03. The van der Waals surface area contributed by atoms with E-state index in [1.54, 1.807) is 6.20 Å². The van der Waals surface area contributed by atoms with Crippen molar-refractivity contribution in [3.05, 3.63) is 36.3 Å². The van der Waals surface area contributed by atoms with Crippen LogP contribution >= 0.6 is 0 Å². The predicted octanol–water partition coefficient (Wildman–Crippen LogP) is 2.21. The highest BCUT2D eigenvalue weighted by molar-refractivity contribution is 5.61. The number of H-pyrrole nitrogens is 1. The van der Waals surface area contributed by atoms with Crippen LogP contribution in [0.15, 0.2) is 30.7 Å². The van der Waals surface area contributed by atoms with Gasteiger partial charge in [0.15, 0.2) is 0 Å². The minimum atomic E-state index is -0.507. The van der Waals surface area contributed by atoms with Crippen LogP contribution in [-0.4, -0.2) is 44.4 Å². The summed E-state index contributed by atoms with van der Waals surface area (Å²) in [7, 11) is 2.05. The van der Waals surface area contributed by atoms with Gasteiger partial charge in [0.25, 0.3) is 0 Å². The third-order valence-electron chi connectivity index (χ3n) is 4.21. The number of aromatic amines is 1. The van der Waals surface area contributed by atoms with E-state index in [9.17, 15) is 5.11 Å². The van der Waals surface area contributed by atoms with E-state index in [1.165, 1.54) is 0 Å². The van der Waals surface area contributed by atoms with Gasteiger partial charge < -0.3 is 5.11 Å². The van der Waals surface area contributed by atoms with Gasteiger partial charge >= 0.3 is 0 Å². The first-order valence-electron chi connectivity index (χ1n) is 7.50. The van der Waals surface area contributed by atoms with Crippen molar-refractivity contribution < 1.29 is 5.11 Å². The first-order valence-corrected chi connectivity index (χ1v) is 7.50. The number of nitrogens with zero attached hydrogens (tertiary/aromatic N) is 3. The van der Waals surface area contributed by atoms with E-state index in [4.69, 9.17) is 0 Å². The smallest absolute Gasteiger partial charge is 0.0774 e. The highest BCUT2D eigenvalue weighted by Gasteiger charge is 2.32. The SMILES string of the molecule is CN(Cc1cn[nH]c1-c1cccnc1)CC1(O)CCCC1. The molecule has 0 atom stereocenters. The molecule has 2 aromatic heterocycles. The second-order valence-corrected chi connectivity index (χ2v) is 6.12. The van der Waals surface area contributed by atoms with Crippen molar-refractivity contribution in [3.63, 3.8) is 0 Å². The molecule has 3 rings (SSSR count). The lowest BCUT2D eigenvalue weighted by atomic mass is 10.0.